The van der Waals surface area contributed by atoms with E-state index in [1.165, 1.54) is 44.4 Å². The summed E-state index contributed by atoms with van der Waals surface area (Å²) < 4.78 is 73.3. The number of methoxy groups -OCH3 is 1. The van der Waals surface area contributed by atoms with Gasteiger partial charge in [-0.3, -0.25) is 4.79 Å². The van der Waals surface area contributed by atoms with Crippen molar-refractivity contribution in [3.63, 3.8) is 0 Å². The largest absolute Gasteiger partial charge is 0.493 e. The molecule has 2 heterocycles. The molecule has 13 heteroatoms. The van der Waals surface area contributed by atoms with Crippen LogP contribution in [0.5, 0.6) is 17.2 Å². The van der Waals surface area contributed by atoms with Gasteiger partial charge in [0.15, 0.2) is 17.2 Å². The van der Waals surface area contributed by atoms with E-state index in [0.29, 0.717) is 0 Å². The van der Waals surface area contributed by atoms with Crippen LogP contribution in [0, 0.1) is 5.82 Å². The van der Waals surface area contributed by atoms with Crippen molar-refractivity contribution in [1.82, 2.24) is 10.3 Å². The molecule has 0 fully saturated rings. The Hall–Kier alpha value is -3.94. The number of fused-ring (bicyclic) bond motifs is 1. The van der Waals surface area contributed by atoms with Crippen LogP contribution in [-0.4, -0.2) is 60.3 Å². The molecule has 0 radical (unpaired) electrons. The number of benzene rings is 2. The van der Waals surface area contributed by atoms with Crippen molar-refractivity contribution >= 4 is 5.91 Å². The molecule has 220 valence electrons. The summed E-state index contributed by atoms with van der Waals surface area (Å²) >= 11 is 0. The van der Waals surface area contributed by atoms with E-state index in [0.717, 1.165) is 18.2 Å². The van der Waals surface area contributed by atoms with Gasteiger partial charge in [-0.2, -0.15) is 13.2 Å². The van der Waals surface area contributed by atoms with E-state index in [1.54, 1.807) is 6.92 Å². The molecule has 3 unspecified atom stereocenters. The second kappa shape index (κ2) is 11.1. The second-order valence-electron chi connectivity index (χ2n) is 10.0. The van der Waals surface area contributed by atoms with Gasteiger partial charge in [-0.15, -0.1) is 0 Å². The van der Waals surface area contributed by atoms with Gasteiger partial charge in [0.05, 0.1) is 31.0 Å². The van der Waals surface area contributed by atoms with Crippen LogP contribution >= 0.6 is 0 Å². The third-order valence-corrected chi connectivity index (χ3v) is 6.53. The van der Waals surface area contributed by atoms with Gasteiger partial charge in [-0.1, -0.05) is 0 Å². The molecule has 1 amide bonds. The molecule has 5 N–H and O–H groups in total. The number of halogens is 4. The fourth-order valence-corrected chi connectivity index (χ4v) is 4.20. The maximum Gasteiger partial charge on any atom is 0.424 e. The summed E-state index contributed by atoms with van der Waals surface area (Å²) in [6.07, 6.45) is -6.06. The Kier molecular flexibility index (Phi) is 8.16. The first kappa shape index (κ1) is 30.0. The van der Waals surface area contributed by atoms with Crippen LogP contribution in [0.3, 0.4) is 0 Å². The minimum absolute atomic E-state index is 0.0545. The number of alkyl halides is 3. The first-order valence-electron chi connectivity index (χ1n) is 12.5. The van der Waals surface area contributed by atoms with E-state index in [4.69, 9.17) is 19.9 Å². The van der Waals surface area contributed by atoms with Gasteiger partial charge in [0.2, 0.25) is 5.60 Å². The van der Waals surface area contributed by atoms with Crippen molar-refractivity contribution in [1.29, 1.82) is 0 Å². The van der Waals surface area contributed by atoms with Gasteiger partial charge >= 0.3 is 6.18 Å². The number of aliphatic hydroxyl groups excluding tert-OH is 1. The van der Waals surface area contributed by atoms with Gasteiger partial charge in [0.1, 0.15) is 24.7 Å². The average molecular weight is 580 g/mol. The van der Waals surface area contributed by atoms with Gasteiger partial charge in [-0.25, -0.2) is 9.37 Å². The molecular weight excluding hydrogens is 550 g/mol. The quantitative estimate of drug-likeness (QED) is 0.283. The molecule has 0 saturated carbocycles. The van der Waals surface area contributed by atoms with Crippen LogP contribution in [0.25, 0.3) is 11.3 Å². The number of ether oxygens (including phenoxy) is 3. The highest BCUT2D eigenvalue weighted by molar-refractivity contribution is 5.95. The van der Waals surface area contributed by atoms with Crippen molar-refractivity contribution < 1.29 is 46.8 Å². The minimum atomic E-state index is -5.29. The molecule has 3 aromatic rings. The molecule has 0 spiro atoms. The minimum Gasteiger partial charge on any atom is -0.493 e. The number of rotatable bonds is 9. The van der Waals surface area contributed by atoms with E-state index in [-0.39, 0.29) is 52.8 Å². The Morgan fingerprint density at radius 2 is 1.88 bits per heavy atom. The monoisotopic (exact) mass is 579 g/mol. The van der Waals surface area contributed by atoms with E-state index in [9.17, 15) is 32.6 Å². The van der Waals surface area contributed by atoms with E-state index in [1.807, 2.05) is 0 Å². The number of carbonyl (C=O) groups is 1. The Labute approximate surface area is 232 Å². The molecule has 0 saturated heterocycles. The number of nitrogens with zero attached hydrogens (tertiary/aromatic N) is 1. The summed E-state index contributed by atoms with van der Waals surface area (Å²) in [7, 11) is 1.31. The summed E-state index contributed by atoms with van der Waals surface area (Å²) in [4.78, 5) is 17.0. The lowest BCUT2D eigenvalue weighted by atomic mass is 9.89. The Morgan fingerprint density at radius 3 is 2.49 bits per heavy atom. The summed E-state index contributed by atoms with van der Waals surface area (Å²) in [5, 5.41) is 22.6. The molecular formula is C28H29F4N3O6. The number of nitrogens with two attached hydrogens (primary N) is 1. The fraction of sp³-hybridized carbons (Fsp3) is 0.357. The number of nitrogens with one attached hydrogen (secondary N) is 1. The molecule has 1 aliphatic rings. The zero-order chi connectivity index (χ0) is 30.2. The first-order chi connectivity index (χ1) is 19.2. The van der Waals surface area contributed by atoms with E-state index < -0.39 is 47.4 Å². The van der Waals surface area contributed by atoms with Crippen molar-refractivity contribution in [2.75, 3.05) is 26.9 Å². The highest BCUT2D eigenvalue weighted by Crippen LogP contribution is 2.46. The number of hydrogen-bond acceptors (Lipinski definition) is 8. The smallest absolute Gasteiger partial charge is 0.424 e. The highest BCUT2D eigenvalue weighted by atomic mass is 19.4. The normalized spacial score (nSPS) is 18.6. The van der Waals surface area contributed by atoms with Crippen LogP contribution in [0.2, 0.25) is 0 Å². The van der Waals surface area contributed by atoms with E-state index in [2.05, 4.69) is 10.3 Å². The average Bonchev–Trinajstić information content (AvgIpc) is 3.23. The maximum atomic E-state index is 14.5. The molecule has 9 nitrogen and oxygen atoms in total. The van der Waals surface area contributed by atoms with Crippen LogP contribution in [-0.2, 0) is 11.1 Å². The van der Waals surface area contributed by atoms with Crippen molar-refractivity contribution in [3.05, 3.63) is 71.2 Å². The van der Waals surface area contributed by atoms with Crippen molar-refractivity contribution in [2.24, 2.45) is 5.73 Å². The Balaban J connectivity index is 1.70. The van der Waals surface area contributed by atoms with Gasteiger partial charge in [0, 0.05) is 16.7 Å². The van der Waals surface area contributed by atoms with Crippen molar-refractivity contribution in [3.8, 4) is 28.5 Å². The van der Waals surface area contributed by atoms with E-state index >= 15 is 0 Å². The number of pyridine rings is 1. The molecule has 4 rings (SSSR count). The molecule has 1 aromatic heterocycles. The van der Waals surface area contributed by atoms with Gasteiger partial charge < -0.3 is 35.5 Å². The number of aliphatic hydroxyl groups is 2. The topological polar surface area (TPSA) is 136 Å². The zero-order valence-electron chi connectivity index (χ0n) is 22.4. The van der Waals surface area contributed by atoms with Crippen LogP contribution in [0.1, 0.15) is 35.5 Å². The lowest BCUT2D eigenvalue weighted by Crippen LogP contribution is -2.51. The fourth-order valence-electron chi connectivity index (χ4n) is 4.20. The lowest BCUT2D eigenvalue weighted by Gasteiger charge is -2.31. The molecule has 2 aromatic carbocycles. The third kappa shape index (κ3) is 6.06. The molecule has 1 aliphatic heterocycles. The van der Waals surface area contributed by atoms with Crippen LogP contribution in [0.4, 0.5) is 17.6 Å². The summed E-state index contributed by atoms with van der Waals surface area (Å²) in [5.74, 6) is -1.08. The van der Waals surface area contributed by atoms with Gasteiger partial charge in [-0.05, 0) is 62.4 Å². The standard InChI is InChI=1S/C28H29F4N3O6/c1-15(36)12-40-20-9-6-17(10-21(20)39-3)25(37)34-13-27(38,28(30,31)32)22-11-19-24(41-14-26(19,2)33)23(35-22)16-4-7-18(29)8-5-16/h4-11,15,36,38H,12-14,33H2,1-3H3,(H,34,37). The predicted octanol–water partition coefficient (Wildman–Crippen LogP) is 3.40. The number of carbonyl (C=O) groups excluding carboxylic acids is 1. The number of aromatic nitrogens is 1. The highest BCUT2D eigenvalue weighted by Gasteiger charge is 2.57. The molecule has 0 bridgehead atoms. The SMILES string of the molecule is COc1cc(C(=O)NCC(O)(c2cc3c(c(-c4ccc(F)cc4)n2)OCC3(C)N)C(F)(F)F)ccc1OCC(C)O. The zero-order valence-corrected chi connectivity index (χ0v) is 22.4. The van der Waals surface area contributed by atoms with Crippen LogP contribution < -0.4 is 25.3 Å². The second-order valence-corrected chi connectivity index (χ2v) is 10.0. The molecule has 3 atom stereocenters. The predicted molar refractivity (Wildman–Crippen MR) is 139 cm³/mol. The Morgan fingerprint density at radius 1 is 1.20 bits per heavy atom. The number of hydrogen-bond donors (Lipinski definition) is 4. The maximum absolute atomic E-state index is 14.5. The summed E-state index contributed by atoms with van der Waals surface area (Å²) in [6, 6.07) is 9.75. The van der Waals surface area contributed by atoms with Crippen molar-refractivity contribution in [2.45, 2.75) is 37.3 Å². The third-order valence-electron chi connectivity index (χ3n) is 6.53. The molecule has 41 heavy (non-hydrogen) atoms. The first-order valence-corrected chi connectivity index (χ1v) is 12.5. The summed E-state index contributed by atoms with van der Waals surface area (Å²) in [5.41, 5.74) is 0.837. The lowest BCUT2D eigenvalue weighted by molar-refractivity contribution is -0.265. The summed E-state index contributed by atoms with van der Waals surface area (Å²) in [6.45, 7) is 1.64. The van der Waals surface area contributed by atoms with Gasteiger partial charge in [0.25, 0.3) is 5.91 Å². The molecule has 0 aliphatic carbocycles. The number of amides is 1. The van der Waals surface area contributed by atoms with Crippen LogP contribution in [0.15, 0.2) is 48.5 Å². The Bertz CT molecular complexity index is 1430.